The molecule has 0 radical (unpaired) electrons. The van der Waals surface area contributed by atoms with Gasteiger partial charge in [0, 0.05) is 11.0 Å². The average molecular weight is 473 g/mol. The van der Waals surface area contributed by atoms with E-state index in [0.717, 1.165) is 16.6 Å². The number of hydrogen-bond acceptors (Lipinski definition) is 3. The third-order valence-electron chi connectivity index (χ3n) is 4.73. The highest BCUT2D eigenvalue weighted by Gasteiger charge is 2.39. The minimum absolute atomic E-state index is 0.115. The van der Waals surface area contributed by atoms with Crippen LogP contribution in [0, 0.1) is 11.6 Å². The summed E-state index contributed by atoms with van der Waals surface area (Å²) in [5.74, 6) is -2.43. The maximum absolute atomic E-state index is 13.4. The van der Waals surface area contributed by atoms with E-state index in [9.17, 15) is 22.0 Å². The highest BCUT2D eigenvalue weighted by atomic mass is 79.9. The van der Waals surface area contributed by atoms with E-state index in [1.165, 1.54) is 22.5 Å². The number of halogens is 3. The summed E-state index contributed by atoms with van der Waals surface area (Å²) >= 11 is 3.27. The van der Waals surface area contributed by atoms with E-state index in [4.69, 9.17) is 0 Å². The first kappa shape index (κ1) is 20.9. The lowest BCUT2D eigenvalue weighted by Crippen LogP contribution is -2.46. The van der Waals surface area contributed by atoms with Crippen molar-refractivity contribution in [2.45, 2.75) is 36.7 Å². The normalized spacial score (nSPS) is 18.8. The molecule has 1 heterocycles. The number of benzene rings is 2. The maximum atomic E-state index is 13.4. The van der Waals surface area contributed by atoms with Crippen LogP contribution in [0.2, 0.25) is 0 Å². The van der Waals surface area contributed by atoms with Crippen molar-refractivity contribution in [2.75, 3.05) is 6.54 Å². The Morgan fingerprint density at radius 2 is 1.86 bits per heavy atom. The van der Waals surface area contributed by atoms with Crippen LogP contribution in [0.25, 0.3) is 0 Å². The molecule has 9 heteroatoms. The Labute approximate surface area is 170 Å². The number of nitrogens with one attached hydrogen (secondary N) is 1. The van der Waals surface area contributed by atoms with Crippen LogP contribution in [0.1, 0.15) is 31.4 Å². The van der Waals surface area contributed by atoms with Gasteiger partial charge in [-0.2, -0.15) is 4.31 Å². The standard InChI is InChI=1S/C19H19BrF2N2O3S/c1-12(13-4-9-16(21)17(22)11-13)23-19(25)18-3-2-10-24(18)28(26,27)15-7-5-14(20)6-8-15/h4-9,11-12,18H,2-3,10H2,1H3,(H,23,25). The molecule has 1 aliphatic heterocycles. The summed E-state index contributed by atoms with van der Waals surface area (Å²) in [6.45, 7) is 1.88. The lowest BCUT2D eigenvalue weighted by atomic mass is 10.1. The predicted molar refractivity (Wildman–Crippen MR) is 104 cm³/mol. The molecule has 1 amide bonds. The van der Waals surface area contributed by atoms with Gasteiger partial charge in [0.1, 0.15) is 6.04 Å². The second kappa shape index (κ2) is 8.26. The van der Waals surface area contributed by atoms with Crippen LogP contribution >= 0.6 is 15.9 Å². The summed E-state index contributed by atoms with van der Waals surface area (Å²) in [5.41, 5.74) is 0.396. The van der Waals surface area contributed by atoms with E-state index in [1.54, 1.807) is 19.1 Å². The molecule has 1 fully saturated rings. The molecule has 1 saturated heterocycles. The van der Waals surface area contributed by atoms with Gasteiger partial charge in [0.25, 0.3) is 0 Å². The van der Waals surface area contributed by atoms with Crippen LogP contribution in [0.4, 0.5) is 8.78 Å². The number of sulfonamides is 1. The van der Waals surface area contributed by atoms with Gasteiger partial charge >= 0.3 is 0 Å². The lowest BCUT2D eigenvalue weighted by molar-refractivity contribution is -0.124. The molecule has 0 bridgehead atoms. The van der Waals surface area contributed by atoms with E-state index >= 15 is 0 Å². The quantitative estimate of drug-likeness (QED) is 0.720. The maximum Gasteiger partial charge on any atom is 0.243 e. The van der Waals surface area contributed by atoms with Crippen molar-refractivity contribution in [1.82, 2.24) is 9.62 Å². The van der Waals surface area contributed by atoms with Crippen molar-refractivity contribution in [3.05, 3.63) is 64.1 Å². The molecule has 2 aromatic carbocycles. The molecular formula is C19H19BrF2N2O3S. The predicted octanol–water partition coefficient (Wildman–Crippen LogP) is 3.76. The van der Waals surface area contributed by atoms with Crippen molar-refractivity contribution in [1.29, 1.82) is 0 Å². The summed E-state index contributed by atoms with van der Waals surface area (Å²) < 4.78 is 54.4. The first-order chi connectivity index (χ1) is 13.2. The largest absolute Gasteiger partial charge is 0.348 e. The fraction of sp³-hybridized carbons (Fsp3) is 0.316. The molecular weight excluding hydrogens is 454 g/mol. The van der Waals surface area contributed by atoms with Gasteiger partial charge in [-0.3, -0.25) is 4.79 Å². The topological polar surface area (TPSA) is 66.5 Å². The molecule has 5 nitrogen and oxygen atoms in total. The fourth-order valence-corrected chi connectivity index (χ4v) is 5.13. The van der Waals surface area contributed by atoms with Crippen LogP contribution < -0.4 is 5.32 Å². The molecule has 0 spiro atoms. The molecule has 150 valence electrons. The van der Waals surface area contributed by atoms with Crippen LogP contribution in [0.5, 0.6) is 0 Å². The van der Waals surface area contributed by atoms with Gasteiger partial charge in [0.2, 0.25) is 15.9 Å². The third kappa shape index (κ3) is 4.26. The monoisotopic (exact) mass is 472 g/mol. The van der Waals surface area contributed by atoms with Crippen LogP contribution in [-0.2, 0) is 14.8 Å². The van der Waals surface area contributed by atoms with Crippen LogP contribution in [-0.4, -0.2) is 31.2 Å². The Kier molecular flexibility index (Phi) is 6.16. The summed E-state index contributed by atoms with van der Waals surface area (Å²) in [6.07, 6.45) is 0.958. The van der Waals surface area contributed by atoms with Gasteiger partial charge in [0.15, 0.2) is 11.6 Å². The minimum Gasteiger partial charge on any atom is -0.348 e. The zero-order valence-corrected chi connectivity index (χ0v) is 17.4. The molecule has 28 heavy (non-hydrogen) atoms. The van der Waals surface area contributed by atoms with E-state index in [1.807, 2.05) is 0 Å². The van der Waals surface area contributed by atoms with E-state index < -0.39 is 39.6 Å². The smallest absolute Gasteiger partial charge is 0.243 e. The Hall–Kier alpha value is -1.84. The van der Waals surface area contributed by atoms with E-state index in [0.29, 0.717) is 18.4 Å². The summed E-state index contributed by atoms with van der Waals surface area (Å²) in [7, 11) is -3.82. The molecule has 3 rings (SSSR count). The molecule has 0 aromatic heterocycles. The molecule has 1 aliphatic rings. The summed E-state index contributed by atoms with van der Waals surface area (Å²) in [5, 5.41) is 2.71. The van der Waals surface area contributed by atoms with Crippen molar-refractivity contribution in [2.24, 2.45) is 0 Å². The number of hydrogen-bond donors (Lipinski definition) is 1. The van der Waals surface area contributed by atoms with Gasteiger partial charge in [-0.25, -0.2) is 17.2 Å². The summed E-state index contributed by atoms with van der Waals surface area (Å²) in [6, 6.07) is 8.17. The fourth-order valence-electron chi connectivity index (χ4n) is 3.21. The first-order valence-corrected chi connectivity index (χ1v) is 11.0. The van der Waals surface area contributed by atoms with Gasteiger partial charge < -0.3 is 5.32 Å². The molecule has 1 N–H and O–H groups in total. The van der Waals surface area contributed by atoms with Gasteiger partial charge in [-0.05, 0) is 61.7 Å². The number of carbonyl (C=O) groups is 1. The third-order valence-corrected chi connectivity index (χ3v) is 7.18. The minimum atomic E-state index is -3.82. The second-order valence-corrected chi connectivity index (χ2v) is 9.44. The van der Waals surface area contributed by atoms with Crippen LogP contribution in [0.3, 0.4) is 0 Å². The number of amides is 1. The number of rotatable bonds is 5. The van der Waals surface area contributed by atoms with Crippen molar-refractivity contribution < 1.29 is 22.0 Å². The molecule has 2 atom stereocenters. The lowest BCUT2D eigenvalue weighted by Gasteiger charge is -2.25. The highest BCUT2D eigenvalue weighted by molar-refractivity contribution is 9.10. The second-order valence-electron chi connectivity index (χ2n) is 6.63. The van der Waals surface area contributed by atoms with Crippen LogP contribution in [0.15, 0.2) is 51.8 Å². The molecule has 0 aliphatic carbocycles. The number of carbonyl (C=O) groups excluding carboxylic acids is 1. The van der Waals surface area contributed by atoms with E-state index in [2.05, 4.69) is 21.2 Å². The highest BCUT2D eigenvalue weighted by Crippen LogP contribution is 2.28. The Bertz CT molecular complexity index is 983. The van der Waals surface area contributed by atoms with Crippen molar-refractivity contribution >= 4 is 31.9 Å². The molecule has 0 saturated carbocycles. The SMILES string of the molecule is CC(NC(=O)C1CCCN1S(=O)(=O)c1ccc(Br)cc1)c1ccc(F)c(F)c1. The van der Waals surface area contributed by atoms with Crippen molar-refractivity contribution in [3.63, 3.8) is 0 Å². The molecule has 2 unspecified atom stereocenters. The zero-order chi connectivity index (χ0) is 20.5. The zero-order valence-electron chi connectivity index (χ0n) is 15.0. The van der Waals surface area contributed by atoms with Crippen molar-refractivity contribution in [3.8, 4) is 0 Å². The van der Waals surface area contributed by atoms with Gasteiger partial charge in [-0.15, -0.1) is 0 Å². The average Bonchev–Trinajstić information content (AvgIpc) is 3.15. The number of nitrogens with zero attached hydrogens (tertiary/aromatic N) is 1. The Morgan fingerprint density at radius 3 is 2.50 bits per heavy atom. The van der Waals surface area contributed by atoms with Gasteiger partial charge in [0.05, 0.1) is 10.9 Å². The first-order valence-electron chi connectivity index (χ1n) is 8.73. The Balaban J connectivity index is 1.77. The molecule has 2 aromatic rings. The van der Waals surface area contributed by atoms with Gasteiger partial charge in [-0.1, -0.05) is 22.0 Å². The summed E-state index contributed by atoms with van der Waals surface area (Å²) in [4.78, 5) is 12.8. The Morgan fingerprint density at radius 1 is 1.18 bits per heavy atom. The van der Waals surface area contributed by atoms with E-state index in [-0.39, 0.29) is 11.4 Å².